The third-order valence-electron chi connectivity index (χ3n) is 3.51. The van der Waals surface area contributed by atoms with Crippen LogP contribution in [0.15, 0.2) is 24.3 Å². The highest BCUT2D eigenvalue weighted by Crippen LogP contribution is 2.22. The molecule has 0 atom stereocenters. The number of rotatable bonds is 4. The van der Waals surface area contributed by atoms with E-state index >= 15 is 0 Å². The van der Waals surface area contributed by atoms with Gasteiger partial charge in [-0.05, 0) is 36.9 Å². The number of sulfone groups is 1. The third-order valence-corrected chi connectivity index (χ3v) is 5.65. The molecule has 0 spiro atoms. The molecular weight excluding hydrogens is 260 g/mol. The molecule has 104 valence electrons. The van der Waals surface area contributed by atoms with E-state index in [9.17, 15) is 8.42 Å². The van der Waals surface area contributed by atoms with Crippen molar-refractivity contribution in [2.75, 3.05) is 0 Å². The molecular formula is C14H20N2O2S. The summed E-state index contributed by atoms with van der Waals surface area (Å²) >= 11 is 0. The fourth-order valence-corrected chi connectivity index (χ4v) is 3.09. The molecule has 0 unspecified atom stereocenters. The highest BCUT2D eigenvalue weighted by Gasteiger charge is 2.19. The van der Waals surface area contributed by atoms with E-state index < -0.39 is 9.84 Å². The van der Waals surface area contributed by atoms with Gasteiger partial charge in [0.2, 0.25) is 0 Å². The minimum atomic E-state index is -3.08. The Balaban J connectivity index is 2.49. The number of fused-ring (bicyclic) bond motifs is 1. The first-order chi connectivity index (χ1) is 8.85. The molecule has 1 aromatic carbocycles. The average Bonchev–Trinajstić information content (AvgIpc) is 2.65. The molecule has 0 radical (unpaired) electrons. The van der Waals surface area contributed by atoms with Gasteiger partial charge in [0.25, 0.3) is 0 Å². The van der Waals surface area contributed by atoms with Crippen LogP contribution in [0.1, 0.15) is 25.1 Å². The summed E-state index contributed by atoms with van der Waals surface area (Å²) in [6.45, 7) is 3.91. The van der Waals surface area contributed by atoms with Crippen molar-refractivity contribution in [3.05, 3.63) is 35.5 Å². The van der Waals surface area contributed by atoms with Gasteiger partial charge in [0.1, 0.15) is 0 Å². The summed E-state index contributed by atoms with van der Waals surface area (Å²) in [7, 11) is -1.19. The van der Waals surface area contributed by atoms with E-state index in [1.54, 1.807) is 13.8 Å². The molecule has 2 N–H and O–H groups in total. The normalized spacial score (nSPS) is 12.5. The molecule has 0 bridgehead atoms. The van der Waals surface area contributed by atoms with Crippen molar-refractivity contribution < 1.29 is 8.42 Å². The minimum Gasteiger partial charge on any atom is -0.347 e. The van der Waals surface area contributed by atoms with Gasteiger partial charge in [-0.3, -0.25) is 0 Å². The second kappa shape index (κ2) is 4.98. The van der Waals surface area contributed by atoms with Crippen molar-refractivity contribution in [1.82, 2.24) is 4.57 Å². The molecule has 1 aromatic heterocycles. The zero-order valence-corrected chi connectivity index (χ0v) is 12.4. The van der Waals surface area contributed by atoms with Gasteiger partial charge in [0.05, 0.1) is 11.0 Å². The van der Waals surface area contributed by atoms with Gasteiger partial charge in [-0.25, -0.2) is 8.42 Å². The largest absolute Gasteiger partial charge is 0.347 e. The predicted octanol–water partition coefficient (Wildman–Crippen LogP) is 1.96. The van der Waals surface area contributed by atoms with E-state index in [0.717, 1.165) is 22.2 Å². The van der Waals surface area contributed by atoms with Gasteiger partial charge in [-0.2, -0.15) is 0 Å². The Kier molecular flexibility index (Phi) is 3.69. The van der Waals surface area contributed by atoms with Crippen LogP contribution in [0, 0.1) is 0 Å². The molecule has 0 aliphatic heterocycles. The SMILES string of the molecule is CC(C)S(=O)(=O)Cc1cc2ccc(CN)cc2n1C. The number of nitrogens with zero attached hydrogens (tertiary/aromatic N) is 1. The van der Waals surface area contributed by atoms with Gasteiger partial charge in [-0.15, -0.1) is 0 Å². The van der Waals surface area contributed by atoms with Crippen LogP contribution in [0.3, 0.4) is 0 Å². The first-order valence-electron chi connectivity index (χ1n) is 6.34. The minimum absolute atomic E-state index is 0.0772. The summed E-state index contributed by atoms with van der Waals surface area (Å²) < 4.78 is 26.0. The zero-order valence-electron chi connectivity index (χ0n) is 11.6. The third kappa shape index (κ3) is 2.67. The maximum absolute atomic E-state index is 12.0. The second-order valence-corrected chi connectivity index (χ2v) is 7.71. The van der Waals surface area contributed by atoms with Crippen LogP contribution in [-0.4, -0.2) is 18.2 Å². The molecule has 0 aliphatic carbocycles. The van der Waals surface area contributed by atoms with Crippen LogP contribution < -0.4 is 5.73 Å². The molecule has 1 heterocycles. The van der Waals surface area contributed by atoms with Gasteiger partial charge in [0, 0.05) is 24.8 Å². The standard InChI is InChI=1S/C14H20N2O2S/c1-10(2)19(17,18)9-13-7-12-5-4-11(8-15)6-14(12)16(13)3/h4-7,10H,8-9,15H2,1-3H3. The van der Waals surface area contributed by atoms with Gasteiger partial charge in [-0.1, -0.05) is 12.1 Å². The van der Waals surface area contributed by atoms with Crippen LogP contribution in [0.2, 0.25) is 0 Å². The maximum atomic E-state index is 12.0. The molecule has 2 rings (SSSR count). The Morgan fingerprint density at radius 2 is 1.95 bits per heavy atom. The van der Waals surface area contributed by atoms with Crippen LogP contribution in [0.4, 0.5) is 0 Å². The van der Waals surface area contributed by atoms with E-state index in [1.165, 1.54) is 0 Å². The molecule has 0 saturated carbocycles. The molecule has 2 aromatic rings. The van der Waals surface area contributed by atoms with Crippen molar-refractivity contribution in [3.8, 4) is 0 Å². The van der Waals surface area contributed by atoms with E-state index in [-0.39, 0.29) is 11.0 Å². The molecule has 5 heteroatoms. The topological polar surface area (TPSA) is 65.1 Å². The Bertz CT molecular complexity index is 700. The molecule has 4 nitrogen and oxygen atoms in total. The van der Waals surface area contributed by atoms with Crippen molar-refractivity contribution >= 4 is 20.7 Å². The van der Waals surface area contributed by atoms with Gasteiger partial charge >= 0.3 is 0 Å². The number of hydrogen-bond acceptors (Lipinski definition) is 3. The number of hydrogen-bond donors (Lipinski definition) is 1. The second-order valence-electron chi connectivity index (χ2n) is 5.15. The molecule has 19 heavy (non-hydrogen) atoms. The van der Waals surface area contributed by atoms with Crippen molar-refractivity contribution in [1.29, 1.82) is 0 Å². The Hall–Kier alpha value is -1.33. The monoisotopic (exact) mass is 280 g/mol. The van der Waals surface area contributed by atoms with Crippen molar-refractivity contribution in [3.63, 3.8) is 0 Å². The van der Waals surface area contributed by atoms with Crippen molar-refractivity contribution in [2.45, 2.75) is 31.4 Å². The lowest BCUT2D eigenvalue weighted by Gasteiger charge is -2.09. The highest BCUT2D eigenvalue weighted by molar-refractivity contribution is 7.91. The molecule has 0 amide bonds. The Morgan fingerprint density at radius 1 is 1.26 bits per heavy atom. The van der Waals surface area contributed by atoms with Gasteiger partial charge in [0.15, 0.2) is 9.84 Å². The number of benzene rings is 1. The number of nitrogens with two attached hydrogens (primary N) is 1. The summed E-state index contributed by atoms with van der Waals surface area (Å²) in [5, 5.41) is 0.693. The zero-order chi connectivity index (χ0) is 14.2. The number of aryl methyl sites for hydroxylation is 1. The Morgan fingerprint density at radius 3 is 2.53 bits per heavy atom. The van der Waals surface area contributed by atoms with E-state index in [0.29, 0.717) is 6.54 Å². The number of aromatic nitrogens is 1. The van der Waals surface area contributed by atoms with E-state index in [2.05, 4.69) is 0 Å². The van der Waals surface area contributed by atoms with E-state index in [4.69, 9.17) is 5.73 Å². The summed E-state index contributed by atoms with van der Waals surface area (Å²) in [5.74, 6) is 0.0772. The summed E-state index contributed by atoms with van der Waals surface area (Å²) in [5.41, 5.74) is 8.52. The summed E-state index contributed by atoms with van der Waals surface area (Å²) in [6.07, 6.45) is 0. The first-order valence-corrected chi connectivity index (χ1v) is 8.05. The average molecular weight is 280 g/mol. The molecule has 0 fully saturated rings. The smallest absolute Gasteiger partial charge is 0.158 e. The lowest BCUT2D eigenvalue weighted by molar-refractivity contribution is 0.585. The maximum Gasteiger partial charge on any atom is 0.158 e. The van der Waals surface area contributed by atoms with Crippen LogP contribution in [0.5, 0.6) is 0 Å². The highest BCUT2D eigenvalue weighted by atomic mass is 32.2. The first kappa shape index (κ1) is 14.1. The van der Waals surface area contributed by atoms with Crippen LogP contribution >= 0.6 is 0 Å². The lowest BCUT2D eigenvalue weighted by Crippen LogP contribution is -2.17. The fourth-order valence-electron chi connectivity index (χ4n) is 2.07. The summed E-state index contributed by atoms with van der Waals surface area (Å²) in [4.78, 5) is 0. The van der Waals surface area contributed by atoms with Crippen molar-refractivity contribution in [2.24, 2.45) is 12.8 Å². The predicted molar refractivity (Wildman–Crippen MR) is 78.6 cm³/mol. The quantitative estimate of drug-likeness (QED) is 0.931. The lowest BCUT2D eigenvalue weighted by atomic mass is 10.1. The van der Waals surface area contributed by atoms with E-state index in [1.807, 2.05) is 35.9 Å². The van der Waals surface area contributed by atoms with Crippen LogP contribution in [0.25, 0.3) is 10.9 Å². The van der Waals surface area contributed by atoms with Gasteiger partial charge < -0.3 is 10.3 Å². The molecule has 0 aliphatic rings. The summed E-state index contributed by atoms with van der Waals surface area (Å²) in [6, 6.07) is 7.92. The van der Waals surface area contributed by atoms with Crippen LogP contribution in [-0.2, 0) is 29.2 Å². The fraction of sp³-hybridized carbons (Fsp3) is 0.429. The Labute approximate surface area is 114 Å². The molecule has 0 saturated heterocycles.